The Kier molecular flexibility index (Phi) is 5.52. The van der Waals surface area contributed by atoms with Crippen LogP contribution in [0.1, 0.15) is 10.4 Å². The van der Waals surface area contributed by atoms with E-state index in [0.29, 0.717) is 10.0 Å². The standard InChI is InChI=1S/C16H13Cl3N2O2/c1-20(2)9-14(21-8-11(18)4-6-15(21)22)16(23)12-5-3-10(17)7-13(12)19/h3-9H,1-2H3/b14-9-. The summed E-state index contributed by atoms with van der Waals surface area (Å²) in [5, 5.41) is 0.969. The Morgan fingerprint density at radius 2 is 1.74 bits per heavy atom. The van der Waals surface area contributed by atoms with E-state index in [4.69, 9.17) is 34.8 Å². The Morgan fingerprint density at radius 1 is 1.09 bits per heavy atom. The van der Waals surface area contributed by atoms with Gasteiger partial charge in [0.25, 0.3) is 5.56 Å². The first-order valence-corrected chi connectivity index (χ1v) is 7.69. The van der Waals surface area contributed by atoms with Crippen molar-refractivity contribution in [3.63, 3.8) is 0 Å². The Morgan fingerprint density at radius 3 is 2.35 bits per heavy atom. The van der Waals surface area contributed by atoms with Crippen LogP contribution in [-0.2, 0) is 0 Å². The van der Waals surface area contributed by atoms with Crippen LogP contribution in [0.5, 0.6) is 0 Å². The van der Waals surface area contributed by atoms with Crippen molar-refractivity contribution in [3.05, 3.63) is 73.7 Å². The van der Waals surface area contributed by atoms with Crippen molar-refractivity contribution in [1.29, 1.82) is 0 Å². The van der Waals surface area contributed by atoms with Crippen LogP contribution in [0.15, 0.2) is 47.5 Å². The van der Waals surface area contributed by atoms with E-state index in [9.17, 15) is 9.59 Å². The average molecular weight is 372 g/mol. The smallest absolute Gasteiger partial charge is 0.255 e. The fraction of sp³-hybridized carbons (Fsp3) is 0.125. The van der Waals surface area contributed by atoms with Crippen LogP contribution < -0.4 is 5.56 Å². The summed E-state index contributed by atoms with van der Waals surface area (Å²) >= 11 is 17.9. The molecular weight excluding hydrogens is 359 g/mol. The van der Waals surface area contributed by atoms with Gasteiger partial charge in [0.05, 0.1) is 10.0 Å². The van der Waals surface area contributed by atoms with Gasteiger partial charge in [-0.3, -0.25) is 14.2 Å². The first kappa shape index (κ1) is 17.6. The van der Waals surface area contributed by atoms with Crippen LogP contribution in [-0.4, -0.2) is 29.3 Å². The zero-order valence-corrected chi connectivity index (χ0v) is 14.7. The van der Waals surface area contributed by atoms with Crippen LogP contribution in [0.2, 0.25) is 15.1 Å². The zero-order chi connectivity index (χ0) is 17.1. The molecule has 7 heteroatoms. The monoisotopic (exact) mass is 370 g/mol. The lowest BCUT2D eigenvalue weighted by molar-refractivity contribution is 0.105. The minimum absolute atomic E-state index is 0.131. The summed E-state index contributed by atoms with van der Waals surface area (Å²) in [6.07, 6.45) is 2.92. The second-order valence-corrected chi connectivity index (χ2v) is 6.27. The molecule has 0 saturated heterocycles. The van der Waals surface area contributed by atoms with Crippen molar-refractivity contribution in [2.45, 2.75) is 0 Å². The first-order valence-electron chi connectivity index (χ1n) is 6.56. The molecule has 0 saturated carbocycles. The van der Waals surface area contributed by atoms with Crippen molar-refractivity contribution < 1.29 is 4.79 Å². The molecule has 1 aromatic heterocycles. The molecule has 0 spiro atoms. The number of hydrogen-bond acceptors (Lipinski definition) is 3. The van der Waals surface area contributed by atoms with Gasteiger partial charge in [0.2, 0.25) is 5.78 Å². The van der Waals surface area contributed by atoms with Crippen molar-refractivity contribution in [1.82, 2.24) is 9.47 Å². The minimum atomic E-state index is -0.412. The summed E-state index contributed by atoms with van der Waals surface area (Å²) in [5.74, 6) is -0.412. The quantitative estimate of drug-likeness (QED) is 0.601. The summed E-state index contributed by atoms with van der Waals surface area (Å²) in [5.41, 5.74) is 0.00343. The van der Waals surface area contributed by atoms with E-state index in [0.717, 1.165) is 0 Å². The molecule has 0 aliphatic rings. The molecule has 0 atom stereocenters. The van der Waals surface area contributed by atoms with Crippen LogP contribution in [0.3, 0.4) is 0 Å². The number of halogens is 3. The Bertz CT molecular complexity index is 841. The van der Waals surface area contributed by atoms with Crippen LogP contribution in [0.4, 0.5) is 0 Å². The number of rotatable bonds is 4. The maximum absolute atomic E-state index is 12.9. The van der Waals surface area contributed by atoms with Gasteiger partial charge < -0.3 is 4.90 Å². The number of pyridine rings is 1. The number of Topliss-reactive ketones (excluding diaryl/α,β-unsaturated/α-hetero) is 1. The average Bonchev–Trinajstić information content (AvgIpc) is 2.46. The molecule has 0 unspecified atom stereocenters. The SMILES string of the molecule is CN(C)/C=C(/C(=O)c1ccc(Cl)cc1Cl)n1cc(Cl)ccc1=O. The lowest BCUT2D eigenvalue weighted by Crippen LogP contribution is -2.24. The number of ketones is 1. The molecule has 4 nitrogen and oxygen atoms in total. The maximum Gasteiger partial charge on any atom is 0.255 e. The third-order valence-corrected chi connectivity index (χ3v) is 3.69. The number of allylic oxidation sites excluding steroid dienone is 1. The highest BCUT2D eigenvalue weighted by molar-refractivity contribution is 6.39. The van der Waals surface area contributed by atoms with E-state index >= 15 is 0 Å². The van der Waals surface area contributed by atoms with E-state index in [-0.39, 0.29) is 21.8 Å². The van der Waals surface area contributed by atoms with Crippen LogP contribution in [0, 0.1) is 0 Å². The first-order chi connectivity index (χ1) is 10.8. The molecular formula is C16H13Cl3N2O2. The molecule has 0 amide bonds. The van der Waals surface area contributed by atoms with Gasteiger partial charge in [0.1, 0.15) is 5.70 Å². The van der Waals surface area contributed by atoms with Gasteiger partial charge in [-0.15, -0.1) is 0 Å². The summed E-state index contributed by atoms with van der Waals surface area (Å²) in [6, 6.07) is 7.32. The predicted octanol–water partition coefficient (Wildman–Crippen LogP) is 4.05. The molecule has 1 aromatic carbocycles. The normalized spacial score (nSPS) is 11.4. The van der Waals surface area contributed by atoms with Gasteiger partial charge >= 0.3 is 0 Å². The molecule has 0 fully saturated rings. The molecule has 23 heavy (non-hydrogen) atoms. The fourth-order valence-corrected chi connectivity index (χ4v) is 2.59. The lowest BCUT2D eigenvalue weighted by atomic mass is 10.1. The van der Waals surface area contributed by atoms with E-state index < -0.39 is 5.78 Å². The summed E-state index contributed by atoms with van der Waals surface area (Å²) in [4.78, 5) is 26.6. The molecule has 120 valence electrons. The van der Waals surface area contributed by atoms with Gasteiger partial charge in [0, 0.05) is 43.1 Å². The third kappa shape index (κ3) is 4.16. The Labute approximate surface area is 148 Å². The fourth-order valence-electron chi connectivity index (χ4n) is 1.94. The van der Waals surface area contributed by atoms with E-state index in [1.54, 1.807) is 25.1 Å². The number of hydrogen-bond donors (Lipinski definition) is 0. The Hall–Kier alpha value is -1.75. The predicted molar refractivity (Wildman–Crippen MR) is 94.5 cm³/mol. The van der Waals surface area contributed by atoms with Crippen molar-refractivity contribution in [3.8, 4) is 0 Å². The molecule has 0 aliphatic heterocycles. The number of aromatic nitrogens is 1. The Balaban J connectivity index is 2.62. The summed E-state index contributed by atoms with van der Waals surface area (Å²) in [7, 11) is 3.48. The molecule has 0 bridgehead atoms. The van der Waals surface area contributed by atoms with E-state index in [1.807, 2.05) is 0 Å². The van der Waals surface area contributed by atoms with Crippen molar-refractivity contribution >= 4 is 46.3 Å². The van der Waals surface area contributed by atoms with Crippen LogP contribution in [0.25, 0.3) is 5.70 Å². The number of benzene rings is 1. The molecule has 0 radical (unpaired) electrons. The van der Waals surface area contributed by atoms with Gasteiger partial charge in [-0.25, -0.2) is 0 Å². The van der Waals surface area contributed by atoms with Crippen molar-refractivity contribution in [2.24, 2.45) is 0 Å². The number of carbonyl (C=O) groups is 1. The lowest BCUT2D eigenvalue weighted by Gasteiger charge is -2.14. The highest BCUT2D eigenvalue weighted by Gasteiger charge is 2.19. The minimum Gasteiger partial charge on any atom is -0.382 e. The molecule has 0 aliphatic carbocycles. The second kappa shape index (κ2) is 7.21. The highest BCUT2D eigenvalue weighted by Crippen LogP contribution is 2.24. The topological polar surface area (TPSA) is 42.3 Å². The summed E-state index contributed by atoms with van der Waals surface area (Å²) < 4.78 is 1.19. The number of nitrogens with zero attached hydrogens (tertiary/aromatic N) is 2. The number of carbonyl (C=O) groups excluding carboxylic acids is 1. The summed E-state index contributed by atoms with van der Waals surface area (Å²) in [6.45, 7) is 0. The van der Waals surface area contributed by atoms with Gasteiger partial charge in [0.15, 0.2) is 0 Å². The largest absolute Gasteiger partial charge is 0.382 e. The van der Waals surface area contributed by atoms with Gasteiger partial charge in [-0.2, -0.15) is 0 Å². The van der Waals surface area contributed by atoms with Gasteiger partial charge in [-0.1, -0.05) is 34.8 Å². The zero-order valence-electron chi connectivity index (χ0n) is 12.4. The van der Waals surface area contributed by atoms with Crippen LogP contribution >= 0.6 is 34.8 Å². The van der Waals surface area contributed by atoms with E-state index in [2.05, 4.69) is 0 Å². The third-order valence-electron chi connectivity index (χ3n) is 2.92. The molecule has 1 heterocycles. The second-order valence-electron chi connectivity index (χ2n) is 4.99. The van der Waals surface area contributed by atoms with Gasteiger partial charge in [-0.05, 0) is 24.3 Å². The maximum atomic E-state index is 12.9. The van der Waals surface area contributed by atoms with Crippen molar-refractivity contribution in [2.75, 3.05) is 14.1 Å². The molecule has 0 N–H and O–H groups in total. The molecule has 2 aromatic rings. The van der Waals surface area contributed by atoms with E-state index in [1.165, 1.54) is 41.2 Å². The highest BCUT2D eigenvalue weighted by atomic mass is 35.5. The molecule has 2 rings (SSSR count).